The van der Waals surface area contributed by atoms with Gasteiger partial charge in [0, 0.05) is 17.8 Å². The van der Waals surface area contributed by atoms with Crippen molar-refractivity contribution in [1.29, 1.82) is 0 Å². The average molecular weight is 148 g/mol. The number of aromatic nitrogens is 2. The summed E-state index contributed by atoms with van der Waals surface area (Å²) in [6, 6.07) is 1.89. The van der Waals surface area contributed by atoms with E-state index in [-0.39, 0.29) is 5.92 Å². The van der Waals surface area contributed by atoms with Crippen LogP contribution in [0.5, 0.6) is 0 Å². The van der Waals surface area contributed by atoms with Gasteiger partial charge in [-0.3, -0.25) is 0 Å². The molecule has 58 valence electrons. The summed E-state index contributed by atoms with van der Waals surface area (Å²) in [4.78, 5) is 8.39. The highest BCUT2D eigenvalue weighted by Crippen LogP contribution is 2.09. The summed E-state index contributed by atoms with van der Waals surface area (Å²) < 4.78 is 0. The third-order valence-electron chi connectivity index (χ3n) is 1.57. The van der Waals surface area contributed by atoms with E-state index in [1.165, 1.54) is 0 Å². The Bertz CT molecular complexity index is 255. The van der Waals surface area contributed by atoms with Gasteiger partial charge in [-0.15, -0.1) is 6.58 Å². The molecular formula is C9H12N2. The molecule has 0 aromatic carbocycles. The molecule has 1 atom stereocenters. The lowest BCUT2D eigenvalue weighted by Crippen LogP contribution is -1.98. The first kappa shape index (κ1) is 7.92. The van der Waals surface area contributed by atoms with Crippen molar-refractivity contribution < 1.29 is 0 Å². The largest absolute Gasteiger partial charge is 0.241 e. The van der Waals surface area contributed by atoms with Crippen LogP contribution in [0.25, 0.3) is 0 Å². The van der Waals surface area contributed by atoms with Gasteiger partial charge in [-0.1, -0.05) is 13.0 Å². The molecular weight excluding hydrogens is 136 g/mol. The van der Waals surface area contributed by atoms with Gasteiger partial charge in [0.1, 0.15) is 5.82 Å². The molecule has 0 N–H and O–H groups in total. The third-order valence-corrected chi connectivity index (χ3v) is 1.57. The molecule has 0 saturated carbocycles. The normalized spacial score (nSPS) is 12.5. The van der Waals surface area contributed by atoms with Crippen molar-refractivity contribution >= 4 is 0 Å². The average Bonchev–Trinajstić information content (AvgIpc) is 2.03. The van der Waals surface area contributed by atoms with Crippen LogP contribution in [0.15, 0.2) is 24.9 Å². The monoisotopic (exact) mass is 148 g/mol. The quantitative estimate of drug-likeness (QED) is 0.600. The third kappa shape index (κ3) is 1.87. The van der Waals surface area contributed by atoms with Gasteiger partial charge in [-0.05, 0) is 13.0 Å². The fourth-order valence-electron chi connectivity index (χ4n) is 0.793. The van der Waals surface area contributed by atoms with E-state index >= 15 is 0 Å². The number of rotatable bonds is 2. The highest BCUT2D eigenvalue weighted by Gasteiger charge is 2.02. The van der Waals surface area contributed by atoms with E-state index in [0.717, 1.165) is 11.5 Å². The highest BCUT2D eigenvalue weighted by atomic mass is 14.9. The summed E-state index contributed by atoms with van der Waals surface area (Å²) in [7, 11) is 0. The molecule has 0 bridgehead atoms. The first-order valence-electron chi connectivity index (χ1n) is 3.66. The van der Waals surface area contributed by atoms with Gasteiger partial charge in [-0.2, -0.15) is 0 Å². The van der Waals surface area contributed by atoms with E-state index in [2.05, 4.69) is 16.5 Å². The molecule has 0 spiro atoms. The van der Waals surface area contributed by atoms with Crippen molar-refractivity contribution in [3.05, 3.63) is 36.4 Å². The van der Waals surface area contributed by atoms with Crippen molar-refractivity contribution in [2.75, 3.05) is 0 Å². The Morgan fingerprint density at radius 3 is 2.91 bits per heavy atom. The Morgan fingerprint density at radius 1 is 1.64 bits per heavy atom. The van der Waals surface area contributed by atoms with Crippen molar-refractivity contribution in [3.63, 3.8) is 0 Å². The fourth-order valence-corrected chi connectivity index (χ4v) is 0.793. The number of aryl methyl sites for hydroxylation is 1. The van der Waals surface area contributed by atoms with Gasteiger partial charge in [0.25, 0.3) is 0 Å². The molecule has 1 heterocycles. The summed E-state index contributed by atoms with van der Waals surface area (Å²) in [5.41, 5.74) is 1.00. The lowest BCUT2D eigenvalue weighted by Gasteiger charge is -2.03. The zero-order valence-corrected chi connectivity index (χ0v) is 6.91. The molecule has 0 amide bonds. The Kier molecular flexibility index (Phi) is 2.36. The van der Waals surface area contributed by atoms with E-state index in [1.807, 2.05) is 26.0 Å². The molecule has 1 unspecified atom stereocenters. The Morgan fingerprint density at radius 2 is 2.36 bits per heavy atom. The van der Waals surface area contributed by atoms with Crippen LogP contribution < -0.4 is 0 Å². The maximum absolute atomic E-state index is 4.26. The van der Waals surface area contributed by atoms with Crippen LogP contribution in [-0.2, 0) is 0 Å². The highest BCUT2D eigenvalue weighted by molar-refractivity contribution is 5.07. The molecule has 1 aromatic rings. The van der Waals surface area contributed by atoms with E-state index in [1.54, 1.807) is 6.20 Å². The molecule has 2 nitrogen and oxygen atoms in total. The molecule has 1 aromatic heterocycles. The van der Waals surface area contributed by atoms with E-state index in [9.17, 15) is 0 Å². The number of nitrogens with zero attached hydrogens (tertiary/aromatic N) is 2. The number of hydrogen-bond acceptors (Lipinski definition) is 2. The molecule has 1 rings (SSSR count). The minimum absolute atomic E-state index is 0.245. The second kappa shape index (κ2) is 3.28. The van der Waals surface area contributed by atoms with Gasteiger partial charge in [0.2, 0.25) is 0 Å². The maximum atomic E-state index is 4.26. The lowest BCUT2D eigenvalue weighted by molar-refractivity contribution is 0.832. The molecule has 0 aliphatic carbocycles. The van der Waals surface area contributed by atoms with Gasteiger partial charge in [0.15, 0.2) is 0 Å². The fraction of sp³-hybridized carbons (Fsp3) is 0.333. The molecule has 2 heteroatoms. The predicted octanol–water partition coefficient (Wildman–Crippen LogP) is 2.07. The standard InChI is InChI=1S/C9H12N2/c1-4-7(2)9-10-6-5-8(3)11-9/h4-7H,1H2,2-3H3. The zero-order valence-electron chi connectivity index (χ0n) is 6.91. The predicted molar refractivity (Wildman–Crippen MR) is 45.4 cm³/mol. The van der Waals surface area contributed by atoms with E-state index in [4.69, 9.17) is 0 Å². The van der Waals surface area contributed by atoms with Gasteiger partial charge in [-0.25, -0.2) is 9.97 Å². The molecule has 0 aliphatic heterocycles. The Labute approximate surface area is 67.0 Å². The van der Waals surface area contributed by atoms with Crippen LogP contribution in [0.2, 0.25) is 0 Å². The molecule has 11 heavy (non-hydrogen) atoms. The van der Waals surface area contributed by atoms with Crippen LogP contribution in [-0.4, -0.2) is 9.97 Å². The summed E-state index contributed by atoms with van der Waals surface area (Å²) >= 11 is 0. The molecule has 0 saturated heterocycles. The van der Waals surface area contributed by atoms with E-state index < -0.39 is 0 Å². The summed E-state index contributed by atoms with van der Waals surface area (Å²) in [5.74, 6) is 1.09. The minimum atomic E-state index is 0.245. The Balaban J connectivity index is 2.95. The smallest absolute Gasteiger partial charge is 0.135 e. The van der Waals surface area contributed by atoms with E-state index in [0.29, 0.717) is 0 Å². The van der Waals surface area contributed by atoms with Crippen molar-refractivity contribution in [2.24, 2.45) is 0 Å². The van der Waals surface area contributed by atoms with Gasteiger partial charge in [0.05, 0.1) is 0 Å². The SMILES string of the molecule is C=CC(C)c1nccc(C)n1. The van der Waals surface area contributed by atoms with Crippen LogP contribution in [0, 0.1) is 6.92 Å². The molecule has 0 radical (unpaired) electrons. The first-order valence-corrected chi connectivity index (χ1v) is 3.66. The van der Waals surface area contributed by atoms with Gasteiger partial charge < -0.3 is 0 Å². The number of allylic oxidation sites excluding steroid dienone is 1. The second-order valence-electron chi connectivity index (χ2n) is 2.58. The first-order chi connectivity index (χ1) is 5.24. The zero-order chi connectivity index (χ0) is 8.27. The van der Waals surface area contributed by atoms with Crippen molar-refractivity contribution in [3.8, 4) is 0 Å². The van der Waals surface area contributed by atoms with Crippen LogP contribution in [0.3, 0.4) is 0 Å². The van der Waals surface area contributed by atoms with Crippen LogP contribution >= 0.6 is 0 Å². The minimum Gasteiger partial charge on any atom is -0.241 e. The Hall–Kier alpha value is -1.18. The lowest BCUT2D eigenvalue weighted by atomic mass is 10.1. The molecule has 0 aliphatic rings. The van der Waals surface area contributed by atoms with Crippen LogP contribution in [0.4, 0.5) is 0 Å². The summed E-state index contributed by atoms with van der Waals surface area (Å²) in [6.45, 7) is 7.68. The maximum Gasteiger partial charge on any atom is 0.135 e. The van der Waals surface area contributed by atoms with Crippen LogP contribution in [0.1, 0.15) is 24.4 Å². The topological polar surface area (TPSA) is 25.8 Å². The van der Waals surface area contributed by atoms with Crippen molar-refractivity contribution in [2.45, 2.75) is 19.8 Å². The van der Waals surface area contributed by atoms with Crippen molar-refractivity contribution in [1.82, 2.24) is 9.97 Å². The number of hydrogen-bond donors (Lipinski definition) is 0. The summed E-state index contributed by atoms with van der Waals surface area (Å²) in [5, 5.41) is 0. The van der Waals surface area contributed by atoms with Gasteiger partial charge >= 0.3 is 0 Å². The molecule has 0 fully saturated rings. The summed E-state index contributed by atoms with van der Waals surface area (Å²) in [6.07, 6.45) is 3.62. The second-order valence-corrected chi connectivity index (χ2v) is 2.58.